The number of aromatic carboxylic acids is 1. The van der Waals surface area contributed by atoms with Gasteiger partial charge in [-0.25, -0.2) is 9.78 Å². The molecule has 0 fully saturated rings. The Morgan fingerprint density at radius 3 is 2.74 bits per heavy atom. The Morgan fingerprint density at radius 2 is 2.16 bits per heavy atom. The van der Waals surface area contributed by atoms with E-state index in [1.807, 2.05) is 0 Å². The number of hydrogen-bond acceptors (Lipinski definition) is 5. The number of aromatic nitrogens is 1. The predicted molar refractivity (Wildman–Crippen MR) is 72.6 cm³/mol. The van der Waals surface area contributed by atoms with Crippen molar-refractivity contribution in [2.24, 2.45) is 0 Å². The van der Waals surface area contributed by atoms with Crippen LogP contribution in [0.1, 0.15) is 25.7 Å². The van der Waals surface area contributed by atoms with Gasteiger partial charge in [0.25, 0.3) is 5.91 Å². The van der Waals surface area contributed by atoms with Crippen LogP contribution < -0.4 is 11.1 Å². The molecule has 0 radical (unpaired) electrons. The number of nitrogens with one attached hydrogen (secondary N) is 1. The van der Waals surface area contributed by atoms with E-state index in [-0.39, 0.29) is 11.3 Å². The van der Waals surface area contributed by atoms with E-state index in [2.05, 4.69) is 10.3 Å². The maximum Gasteiger partial charge on any atom is 0.337 e. The molecule has 1 heterocycles. The van der Waals surface area contributed by atoms with Crippen LogP contribution in [0.4, 0.5) is 11.4 Å². The van der Waals surface area contributed by atoms with Gasteiger partial charge < -0.3 is 16.2 Å². The number of hydrogen-bond donors (Lipinski definition) is 3. The van der Waals surface area contributed by atoms with E-state index in [4.69, 9.17) is 10.8 Å². The number of nitrogens with zero attached hydrogens (tertiary/aromatic N) is 1. The van der Waals surface area contributed by atoms with Crippen molar-refractivity contribution in [2.45, 2.75) is 6.92 Å². The number of nitrogens with two attached hydrogens (primary N) is 1. The summed E-state index contributed by atoms with van der Waals surface area (Å²) < 4.78 is 0. The molecule has 1 aromatic heterocycles. The minimum absolute atomic E-state index is 0.00952. The van der Waals surface area contributed by atoms with Crippen molar-refractivity contribution in [3.63, 3.8) is 0 Å². The van der Waals surface area contributed by atoms with Crippen LogP contribution in [-0.4, -0.2) is 22.0 Å². The van der Waals surface area contributed by atoms with Gasteiger partial charge in [0.2, 0.25) is 0 Å². The molecule has 0 saturated carbocycles. The number of carbonyl (C=O) groups is 2. The quantitative estimate of drug-likeness (QED) is 0.744. The molecule has 4 N–H and O–H groups in total. The Labute approximate surface area is 112 Å². The molecular weight excluding hydrogens is 266 g/mol. The number of carbonyl (C=O) groups excluding carboxylic acids is 1. The summed E-state index contributed by atoms with van der Waals surface area (Å²) in [5.41, 5.74) is 8.29. The van der Waals surface area contributed by atoms with Gasteiger partial charge in [-0.3, -0.25) is 4.79 Å². The first-order chi connectivity index (χ1) is 8.99. The van der Waals surface area contributed by atoms with Crippen molar-refractivity contribution in [1.29, 1.82) is 0 Å². The number of nitrogen functional groups attached to an aromatic ring is 1. The molecule has 6 nitrogen and oxygen atoms in total. The van der Waals surface area contributed by atoms with Crippen LogP contribution in [0.25, 0.3) is 0 Å². The number of benzene rings is 1. The summed E-state index contributed by atoms with van der Waals surface area (Å²) in [7, 11) is 0. The zero-order valence-corrected chi connectivity index (χ0v) is 10.8. The molecule has 0 bridgehead atoms. The van der Waals surface area contributed by atoms with Gasteiger partial charge in [-0.05, 0) is 25.1 Å². The number of aryl methyl sites for hydroxylation is 1. The smallest absolute Gasteiger partial charge is 0.337 e. The molecule has 0 aliphatic heterocycles. The lowest BCUT2D eigenvalue weighted by atomic mass is 10.1. The molecule has 0 spiro atoms. The summed E-state index contributed by atoms with van der Waals surface area (Å²) in [6, 6.07) is 4.24. The van der Waals surface area contributed by atoms with Gasteiger partial charge in [0.15, 0.2) is 0 Å². The van der Waals surface area contributed by atoms with Crippen molar-refractivity contribution in [3.8, 4) is 0 Å². The highest BCUT2D eigenvalue weighted by Gasteiger charge is 2.16. The van der Waals surface area contributed by atoms with Gasteiger partial charge in [-0.15, -0.1) is 11.3 Å². The second kappa shape index (κ2) is 5.07. The molecule has 0 aliphatic carbocycles. The van der Waals surface area contributed by atoms with Crippen molar-refractivity contribution >= 4 is 34.6 Å². The van der Waals surface area contributed by atoms with Crippen molar-refractivity contribution in [2.75, 3.05) is 11.1 Å². The van der Waals surface area contributed by atoms with Gasteiger partial charge in [-0.2, -0.15) is 0 Å². The second-order valence-corrected chi connectivity index (χ2v) is 4.69. The number of rotatable bonds is 3. The molecular formula is C12H11N3O3S. The molecule has 0 atom stereocenters. The first-order valence-electron chi connectivity index (χ1n) is 5.33. The van der Waals surface area contributed by atoms with Crippen LogP contribution in [-0.2, 0) is 0 Å². The molecule has 0 unspecified atom stereocenters. The fraction of sp³-hybridized carbons (Fsp3) is 0.0833. The highest BCUT2D eigenvalue weighted by atomic mass is 32.1. The van der Waals surface area contributed by atoms with E-state index in [9.17, 15) is 9.59 Å². The summed E-state index contributed by atoms with van der Waals surface area (Å²) in [5, 5.41) is 11.6. The van der Waals surface area contributed by atoms with E-state index in [0.29, 0.717) is 16.3 Å². The molecule has 1 aromatic carbocycles. The average Bonchev–Trinajstić information content (AvgIpc) is 2.75. The summed E-state index contributed by atoms with van der Waals surface area (Å²) in [5.74, 6) is -1.52. The molecule has 0 aliphatic rings. The van der Waals surface area contributed by atoms with Gasteiger partial charge in [-0.1, -0.05) is 0 Å². The Balaban J connectivity index is 2.33. The summed E-state index contributed by atoms with van der Waals surface area (Å²) in [4.78, 5) is 27.5. The number of thiazole rings is 1. The Bertz CT molecular complexity index is 651. The molecule has 0 saturated heterocycles. The minimum Gasteiger partial charge on any atom is -0.478 e. The number of amides is 1. The molecule has 98 valence electrons. The molecule has 19 heavy (non-hydrogen) atoms. The average molecular weight is 277 g/mol. The molecule has 2 aromatic rings. The topological polar surface area (TPSA) is 105 Å². The number of carboxylic acids is 1. The lowest BCUT2D eigenvalue weighted by Gasteiger charge is -2.08. The van der Waals surface area contributed by atoms with Crippen LogP contribution >= 0.6 is 11.3 Å². The molecule has 2 rings (SSSR count). The lowest BCUT2D eigenvalue weighted by Crippen LogP contribution is -2.15. The van der Waals surface area contributed by atoms with Gasteiger partial charge in [0.1, 0.15) is 4.88 Å². The Hall–Kier alpha value is -2.41. The van der Waals surface area contributed by atoms with Crippen LogP contribution in [0.15, 0.2) is 23.7 Å². The van der Waals surface area contributed by atoms with E-state index in [1.165, 1.54) is 29.5 Å². The van der Waals surface area contributed by atoms with Crippen LogP contribution in [0.2, 0.25) is 0 Å². The Kier molecular flexibility index (Phi) is 3.48. The first-order valence-corrected chi connectivity index (χ1v) is 6.21. The summed E-state index contributed by atoms with van der Waals surface area (Å²) in [6.07, 6.45) is 0. The van der Waals surface area contributed by atoms with Gasteiger partial charge in [0.05, 0.1) is 22.5 Å². The largest absolute Gasteiger partial charge is 0.478 e. The van der Waals surface area contributed by atoms with E-state index < -0.39 is 11.9 Å². The highest BCUT2D eigenvalue weighted by Crippen LogP contribution is 2.21. The van der Waals surface area contributed by atoms with E-state index in [0.717, 1.165) is 0 Å². The predicted octanol–water partition coefficient (Wildman–Crippen LogP) is 1.98. The fourth-order valence-electron chi connectivity index (χ4n) is 1.55. The van der Waals surface area contributed by atoms with Crippen LogP contribution in [0.3, 0.4) is 0 Å². The fourth-order valence-corrected chi connectivity index (χ4v) is 2.25. The number of carboxylic acid groups (broad SMARTS) is 1. The number of anilines is 2. The highest BCUT2D eigenvalue weighted by molar-refractivity contribution is 7.12. The standard InChI is InChI=1S/C12H11N3O3S/c1-6-10(19-5-14-6)11(16)15-9-4-7(13)2-3-8(9)12(17)18/h2-5H,13H2,1H3,(H,15,16)(H,17,18). The normalized spacial score (nSPS) is 10.2. The monoisotopic (exact) mass is 277 g/mol. The lowest BCUT2D eigenvalue weighted by molar-refractivity contribution is 0.0698. The third kappa shape index (κ3) is 2.71. The van der Waals surface area contributed by atoms with E-state index >= 15 is 0 Å². The third-order valence-electron chi connectivity index (χ3n) is 2.47. The third-order valence-corrected chi connectivity index (χ3v) is 3.40. The second-order valence-electron chi connectivity index (χ2n) is 3.83. The first kappa shape index (κ1) is 13.0. The molecule has 7 heteroatoms. The zero-order valence-electron chi connectivity index (χ0n) is 10.0. The maximum absolute atomic E-state index is 12.0. The zero-order chi connectivity index (χ0) is 14.0. The molecule has 1 amide bonds. The summed E-state index contributed by atoms with van der Waals surface area (Å²) >= 11 is 1.19. The van der Waals surface area contributed by atoms with E-state index in [1.54, 1.807) is 12.4 Å². The minimum atomic E-state index is -1.13. The van der Waals surface area contributed by atoms with Crippen molar-refractivity contribution in [1.82, 2.24) is 4.98 Å². The van der Waals surface area contributed by atoms with Crippen LogP contribution in [0, 0.1) is 6.92 Å². The maximum atomic E-state index is 12.0. The van der Waals surface area contributed by atoms with Crippen molar-refractivity contribution in [3.05, 3.63) is 39.8 Å². The van der Waals surface area contributed by atoms with Gasteiger partial charge in [0, 0.05) is 5.69 Å². The SMILES string of the molecule is Cc1ncsc1C(=O)Nc1cc(N)ccc1C(=O)O. The van der Waals surface area contributed by atoms with Crippen LogP contribution in [0.5, 0.6) is 0 Å². The Morgan fingerprint density at radius 1 is 1.42 bits per heavy atom. The van der Waals surface area contributed by atoms with Crippen molar-refractivity contribution < 1.29 is 14.7 Å². The summed E-state index contributed by atoms with van der Waals surface area (Å²) in [6.45, 7) is 1.71. The van der Waals surface area contributed by atoms with Gasteiger partial charge >= 0.3 is 5.97 Å².